The summed E-state index contributed by atoms with van der Waals surface area (Å²) in [6.45, 7) is 4.44. The van der Waals surface area contributed by atoms with E-state index in [0.29, 0.717) is 12.5 Å². The molecule has 1 aromatic carbocycles. The standard InChI is InChI=1S/C14H18N4O.HI/c1-10-13(11(2)19-18-10)8-9-16-14(15)17-12-6-4-3-5-7-12;/h3-7H,8-9H2,1-2H3,(H3,15,16,17);1H. The van der Waals surface area contributed by atoms with Crippen molar-refractivity contribution in [2.45, 2.75) is 20.3 Å². The van der Waals surface area contributed by atoms with Gasteiger partial charge in [-0.3, -0.25) is 4.99 Å². The van der Waals surface area contributed by atoms with Crippen LogP contribution in [0.15, 0.2) is 39.8 Å². The van der Waals surface area contributed by atoms with Crippen LogP contribution in [0.3, 0.4) is 0 Å². The van der Waals surface area contributed by atoms with E-state index >= 15 is 0 Å². The first kappa shape index (κ1) is 16.5. The highest BCUT2D eigenvalue weighted by molar-refractivity contribution is 14.0. The van der Waals surface area contributed by atoms with E-state index in [-0.39, 0.29) is 24.0 Å². The number of aromatic nitrogens is 1. The van der Waals surface area contributed by atoms with Gasteiger partial charge in [0.15, 0.2) is 5.96 Å². The molecule has 0 aliphatic rings. The molecule has 0 radical (unpaired) electrons. The van der Waals surface area contributed by atoms with Gasteiger partial charge in [-0.2, -0.15) is 0 Å². The average Bonchev–Trinajstić information content (AvgIpc) is 2.71. The van der Waals surface area contributed by atoms with Crippen LogP contribution in [0.1, 0.15) is 17.0 Å². The van der Waals surface area contributed by atoms with Crippen LogP contribution in [0.4, 0.5) is 5.69 Å². The van der Waals surface area contributed by atoms with Crippen LogP contribution < -0.4 is 11.1 Å². The molecule has 0 atom stereocenters. The van der Waals surface area contributed by atoms with E-state index in [1.54, 1.807) is 0 Å². The summed E-state index contributed by atoms with van der Waals surface area (Å²) in [7, 11) is 0. The highest BCUT2D eigenvalue weighted by Gasteiger charge is 2.07. The van der Waals surface area contributed by atoms with Gasteiger partial charge in [0, 0.05) is 17.8 Å². The predicted molar refractivity (Wildman–Crippen MR) is 91.7 cm³/mol. The van der Waals surface area contributed by atoms with Gasteiger partial charge in [-0.25, -0.2) is 0 Å². The lowest BCUT2D eigenvalue weighted by molar-refractivity contribution is 0.392. The zero-order valence-corrected chi connectivity index (χ0v) is 13.9. The van der Waals surface area contributed by atoms with E-state index in [4.69, 9.17) is 10.3 Å². The Morgan fingerprint density at radius 3 is 2.60 bits per heavy atom. The largest absolute Gasteiger partial charge is 0.370 e. The number of nitrogens with zero attached hydrogens (tertiary/aromatic N) is 2. The van der Waals surface area contributed by atoms with Crippen LogP contribution in [0.25, 0.3) is 0 Å². The molecule has 0 spiro atoms. The first-order valence-corrected chi connectivity index (χ1v) is 6.20. The lowest BCUT2D eigenvalue weighted by Crippen LogP contribution is -2.23. The van der Waals surface area contributed by atoms with E-state index in [0.717, 1.165) is 29.1 Å². The van der Waals surface area contributed by atoms with Crippen molar-refractivity contribution < 1.29 is 4.52 Å². The molecule has 0 fully saturated rings. The number of benzene rings is 1. The third kappa shape index (κ3) is 4.52. The van der Waals surface area contributed by atoms with Gasteiger partial charge in [0.1, 0.15) is 5.76 Å². The SMILES string of the molecule is Cc1noc(C)c1CCN=C(N)Nc1ccccc1.I. The molecule has 20 heavy (non-hydrogen) atoms. The van der Waals surface area contributed by atoms with Crippen molar-refractivity contribution in [1.82, 2.24) is 5.16 Å². The Bertz CT molecular complexity index is 546. The lowest BCUT2D eigenvalue weighted by Gasteiger charge is -2.04. The highest BCUT2D eigenvalue weighted by atomic mass is 127. The first-order valence-electron chi connectivity index (χ1n) is 6.20. The van der Waals surface area contributed by atoms with Crippen molar-refractivity contribution in [2.75, 3.05) is 11.9 Å². The maximum Gasteiger partial charge on any atom is 0.193 e. The molecule has 5 nitrogen and oxygen atoms in total. The van der Waals surface area contributed by atoms with Crippen molar-refractivity contribution >= 4 is 35.6 Å². The fraction of sp³-hybridized carbons (Fsp3) is 0.286. The summed E-state index contributed by atoms with van der Waals surface area (Å²) in [4.78, 5) is 4.29. The summed E-state index contributed by atoms with van der Waals surface area (Å²) < 4.78 is 5.10. The smallest absolute Gasteiger partial charge is 0.193 e. The zero-order valence-electron chi connectivity index (χ0n) is 11.6. The second kappa shape index (κ2) is 7.88. The number of hydrogen-bond acceptors (Lipinski definition) is 3. The zero-order chi connectivity index (χ0) is 13.7. The van der Waals surface area contributed by atoms with E-state index in [1.165, 1.54) is 0 Å². The van der Waals surface area contributed by atoms with Gasteiger partial charge in [0.05, 0.1) is 5.69 Å². The van der Waals surface area contributed by atoms with Gasteiger partial charge in [0.25, 0.3) is 0 Å². The van der Waals surface area contributed by atoms with Crippen molar-refractivity contribution in [3.8, 4) is 0 Å². The second-order valence-electron chi connectivity index (χ2n) is 4.31. The van der Waals surface area contributed by atoms with Gasteiger partial charge in [0.2, 0.25) is 0 Å². The third-order valence-corrected chi connectivity index (χ3v) is 2.87. The molecule has 0 aliphatic heterocycles. The number of aliphatic imine (C=N–C) groups is 1. The van der Waals surface area contributed by atoms with Crippen molar-refractivity contribution in [1.29, 1.82) is 0 Å². The quantitative estimate of drug-likeness (QED) is 0.481. The molecule has 0 saturated heterocycles. The summed E-state index contributed by atoms with van der Waals surface area (Å²) in [6.07, 6.45) is 0.776. The Morgan fingerprint density at radius 1 is 1.30 bits per heavy atom. The molecular formula is C14H19IN4O. The van der Waals surface area contributed by atoms with Crippen LogP contribution in [0, 0.1) is 13.8 Å². The van der Waals surface area contributed by atoms with Gasteiger partial charge >= 0.3 is 0 Å². The molecule has 6 heteroatoms. The van der Waals surface area contributed by atoms with E-state index in [1.807, 2.05) is 44.2 Å². The molecule has 108 valence electrons. The first-order chi connectivity index (χ1) is 9.16. The fourth-order valence-corrected chi connectivity index (χ4v) is 1.86. The van der Waals surface area contributed by atoms with Crippen molar-refractivity contribution in [3.05, 3.63) is 47.3 Å². The normalized spacial score (nSPS) is 11.0. The molecule has 3 N–H and O–H groups in total. The predicted octanol–water partition coefficient (Wildman–Crippen LogP) is 2.88. The van der Waals surface area contributed by atoms with Crippen molar-refractivity contribution in [2.24, 2.45) is 10.7 Å². The third-order valence-electron chi connectivity index (χ3n) is 2.87. The number of rotatable bonds is 4. The van der Waals surface area contributed by atoms with Crippen LogP contribution >= 0.6 is 24.0 Å². The van der Waals surface area contributed by atoms with Crippen molar-refractivity contribution in [3.63, 3.8) is 0 Å². The molecule has 1 aromatic heterocycles. The Labute approximate surface area is 135 Å². The summed E-state index contributed by atoms with van der Waals surface area (Å²) in [6, 6.07) is 9.72. The number of halogens is 1. The van der Waals surface area contributed by atoms with Crippen LogP contribution in [0.5, 0.6) is 0 Å². The monoisotopic (exact) mass is 386 g/mol. The summed E-state index contributed by atoms with van der Waals surface area (Å²) in [5, 5.41) is 6.95. The Kier molecular flexibility index (Phi) is 6.50. The van der Waals surface area contributed by atoms with E-state index in [2.05, 4.69) is 15.5 Å². The Balaban J connectivity index is 0.00000200. The molecule has 0 amide bonds. The average molecular weight is 386 g/mol. The minimum atomic E-state index is 0. The summed E-state index contributed by atoms with van der Waals surface area (Å²) in [5.74, 6) is 1.26. The minimum absolute atomic E-state index is 0. The molecule has 0 bridgehead atoms. The molecule has 0 aliphatic carbocycles. The number of para-hydroxylation sites is 1. The Morgan fingerprint density at radius 2 is 2.00 bits per heavy atom. The highest BCUT2D eigenvalue weighted by Crippen LogP contribution is 2.12. The van der Waals surface area contributed by atoms with Crippen LogP contribution in [-0.4, -0.2) is 17.7 Å². The van der Waals surface area contributed by atoms with Gasteiger partial charge in [-0.15, -0.1) is 24.0 Å². The maximum atomic E-state index is 5.82. The molecule has 2 aromatic rings. The fourth-order valence-electron chi connectivity index (χ4n) is 1.86. The summed E-state index contributed by atoms with van der Waals surface area (Å²) in [5.41, 5.74) is 8.78. The number of hydrogen-bond donors (Lipinski definition) is 2. The molecule has 2 rings (SSSR count). The molecule has 1 heterocycles. The van der Waals surface area contributed by atoms with E-state index < -0.39 is 0 Å². The minimum Gasteiger partial charge on any atom is -0.370 e. The number of guanidine groups is 1. The van der Waals surface area contributed by atoms with Gasteiger partial charge < -0.3 is 15.6 Å². The number of nitrogens with two attached hydrogens (primary N) is 1. The van der Waals surface area contributed by atoms with Crippen LogP contribution in [-0.2, 0) is 6.42 Å². The summed E-state index contributed by atoms with van der Waals surface area (Å²) >= 11 is 0. The number of anilines is 1. The van der Waals surface area contributed by atoms with Gasteiger partial charge in [-0.1, -0.05) is 23.4 Å². The molecule has 0 unspecified atom stereocenters. The second-order valence-corrected chi connectivity index (χ2v) is 4.31. The number of nitrogens with one attached hydrogen (secondary N) is 1. The maximum absolute atomic E-state index is 5.82. The lowest BCUT2D eigenvalue weighted by atomic mass is 10.1. The Hall–Kier alpha value is -1.57. The molecular weight excluding hydrogens is 367 g/mol. The van der Waals surface area contributed by atoms with E-state index in [9.17, 15) is 0 Å². The van der Waals surface area contributed by atoms with Gasteiger partial charge in [-0.05, 0) is 32.4 Å². The van der Waals surface area contributed by atoms with Crippen LogP contribution in [0.2, 0.25) is 0 Å². The number of aryl methyl sites for hydroxylation is 2. The molecule has 0 saturated carbocycles. The topological polar surface area (TPSA) is 76.4 Å².